The highest BCUT2D eigenvalue weighted by atomic mass is 16.6. The highest BCUT2D eigenvalue weighted by Crippen LogP contribution is 2.36. The van der Waals surface area contributed by atoms with Gasteiger partial charge in [-0.1, -0.05) is 0 Å². The lowest BCUT2D eigenvalue weighted by molar-refractivity contribution is -0.109. The van der Waals surface area contributed by atoms with E-state index in [0.29, 0.717) is 24.3 Å². The molecular weight excluding hydrogens is 310 g/mol. The van der Waals surface area contributed by atoms with Gasteiger partial charge in [0.1, 0.15) is 17.6 Å². The summed E-state index contributed by atoms with van der Waals surface area (Å²) in [5, 5.41) is 9.54. The molecule has 1 aromatic rings. The molecule has 0 aromatic heterocycles. The fourth-order valence-electron chi connectivity index (χ4n) is 2.98. The number of carbonyl (C=O) groups is 2. The number of aldehydes is 1. The van der Waals surface area contributed by atoms with Crippen LogP contribution in [0, 0.1) is 0 Å². The molecule has 1 aromatic carbocycles. The van der Waals surface area contributed by atoms with Gasteiger partial charge in [-0.05, 0) is 50.5 Å². The van der Waals surface area contributed by atoms with Crippen molar-refractivity contribution in [3.8, 4) is 5.75 Å². The van der Waals surface area contributed by atoms with E-state index in [2.05, 4.69) is 0 Å². The number of hydrogen-bond donors (Lipinski definition) is 1. The van der Waals surface area contributed by atoms with Crippen molar-refractivity contribution in [2.24, 2.45) is 0 Å². The van der Waals surface area contributed by atoms with E-state index in [1.165, 1.54) is 0 Å². The number of amides is 1. The van der Waals surface area contributed by atoms with Crippen molar-refractivity contribution in [3.05, 3.63) is 28.8 Å². The molecule has 6 nitrogen and oxygen atoms in total. The Morgan fingerprint density at radius 1 is 1.42 bits per heavy atom. The van der Waals surface area contributed by atoms with Gasteiger partial charge in [0.15, 0.2) is 0 Å². The molecule has 0 saturated heterocycles. The highest BCUT2D eigenvalue weighted by Gasteiger charge is 2.34. The second kappa shape index (κ2) is 7.21. The first-order valence-corrected chi connectivity index (χ1v) is 8.04. The lowest BCUT2D eigenvalue weighted by atomic mass is 9.89. The van der Waals surface area contributed by atoms with Crippen molar-refractivity contribution in [1.29, 1.82) is 0 Å². The quantitative estimate of drug-likeness (QED) is 0.856. The van der Waals surface area contributed by atoms with E-state index >= 15 is 0 Å². The highest BCUT2D eigenvalue weighted by molar-refractivity contribution is 5.70. The average Bonchev–Trinajstić information content (AvgIpc) is 2.52. The molecule has 1 atom stereocenters. The van der Waals surface area contributed by atoms with E-state index in [0.717, 1.165) is 17.4 Å². The SMILES string of the molecule is COc1cc2c(cc1CO)[C@H](CC=O)N(C(=O)OC(C)(C)C)CC2. The van der Waals surface area contributed by atoms with Crippen molar-refractivity contribution < 1.29 is 24.2 Å². The van der Waals surface area contributed by atoms with Crippen LogP contribution in [0.2, 0.25) is 0 Å². The summed E-state index contributed by atoms with van der Waals surface area (Å²) in [7, 11) is 1.56. The third-order valence-electron chi connectivity index (χ3n) is 4.02. The fourth-order valence-corrected chi connectivity index (χ4v) is 2.98. The number of aliphatic hydroxyl groups is 1. The lowest BCUT2D eigenvalue weighted by Crippen LogP contribution is -2.43. The average molecular weight is 335 g/mol. The van der Waals surface area contributed by atoms with Crippen LogP contribution in [0.5, 0.6) is 5.75 Å². The molecule has 0 unspecified atom stereocenters. The number of carbonyl (C=O) groups excluding carboxylic acids is 2. The van der Waals surface area contributed by atoms with Gasteiger partial charge in [0.25, 0.3) is 0 Å². The molecule has 1 N–H and O–H groups in total. The van der Waals surface area contributed by atoms with E-state index in [-0.39, 0.29) is 13.0 Å². The minimum absolute atomic E-state index is 0.170. The van der Waals surface area contributed by atoms with Gasteiger partial charge in [-0.15, -0.1) is 0 Å². The number of nitrogens with zero attached hydrogens (tertiary/aromatic N) is 1. The molecular formula is C18H25NO5. The van der Waals surface area contributed by atoms with E-state index in [9.17, 15) is 14.7 Å². The van der Waals surface area contributed by atoms with Gasteiger partial charge in [0.05, 0.1) is 19.8 Å². The van der Waals surface area contributed by atoms with Crippen molar-refractivity contribution in [1.82, 2.24) is 4.90 Å². The molecule has 2 rings (SSSR count). The molecule has 6 heteroatoms. The van der Waals surface area contributed by atoms with E-state index in [1.54, 1.807) is 12.0 Å². The first-order chi connectivity index (χ1) is 11.3. The van der Waals surface area contributed by atoms with Crippen LogP contribution in [0.25, 0.3) is 0 Å². The number of benzene rings is 1. The maximum atomic E-state index is 12.5. The summed E-state index contributed by atoms with van der Waals surface area (Å²) in [6, 6.07) is 3.31. The molecule has 1 amide bonds. The van der Waals surface area contributed by atoms with Crippen molar-refractivity contribution >= 4 is 12.4 Å². The molecule has 0 saturated carbocycles. The number of ether oxygens (including phenoxy) is 2. The minimum atomic E-state index is -0.598. The van der Waals surface area contributed by atoms with Gasteiger partial charge in [-0.2, -0.15) is 0 Å². The third kappa shape index (κ3) is 3.87. The summed E-state index contributed by atoms with van der Waals surface area (Å²) in [5.74, 6) is 0.617. The zero-order valence-electron chi connectivity index (χ0n) is 14.7. The Hall–Kier alpha value is -2.08. The van der Waals surface area contributed by atoms with Gasteiger partial charge in [0, 0.05) is 18.5 Å². The normalized spacial score (nSPS) is 17.2. The monoisotopic (exact) mass is 335 g/mol. The van der Waals surface area contributed by atoms with E-state index in [1.807, 2.05) is 32.9 Å². The van der Waals surface area contributed by atoms with Gasteiger partial charge >= 0.3 is 6.09 Å². The first-order valence-electron chi connectivity index (χ1n) is 8.04. The van der Waals surface area contributed by atoms with Gasteiger partial charge in [0.2, 0.25) is 0 Å². The summed E-state index contributed by atoms with van der Waals surface area (Å²) in [5.41, 5.74) is 1.93. The first kappa shape index (κ1) is 18.3. The molecule has 0 bridgehead atoms. The standard InChI is InChI=1S/C18H25NO5/c1-18(2,3)24-17(22)19-7-5-12-10-16(23-4)13(11-21)9-14(12)15(19)6-8-20/h8-10,15,21H,5-7,11H2,1-4H3/t15-/m0/s1. The van der Waals surface area contributed by atoms with Crippen LogP contribution in [0.4, 0.5) is 4.79 Å². The van der Waals surface area contributed by atoms with Crippen LogP contribution in [0.15, 0.2) is 12.1 Å². The summed E-state index contributed by atoms with van der Waals surface area (Å²) in [4.78, 5) is 25.3. The minimum Gasteiger partial charge on any atom is -0.496 e. The molecule has 0 radical (unpaired) electrons. The van der Waals surface area contributed by atoms with E-state index < -0.39 is 17.7 Å². The second-order valence-electron chi connectivity index (χ2n) is 6.86. The number of aliphatic hydroxyl groups excluding tert-OH is 1. The molecule has 1 aliphatic heterocycles. The fraction of sp³-hybridized carbons (Fsp3) is 0.556. The van der Waals surface area contributed by atoms with Gasteiger partial charge < -0.3 is 24.3 Å². The molecule has 132 valence electrons. The summed E-state index contributed by atoms with van der Waals surface area (Å²) in [6.45, 7) is 5.74. The zero-order valence-corrected chi connectivity index (χ0v) is 14.7. The number of methoxy groups -OCH3 is 1. The molecule has 0 fully saturated rings. The van der Waals surface area contributed by atoms with Crippen LogP contribution in [-0.2, 0) is 22.6 Å². The molecule has 0 spiro atoms. The van der Waals surface area contributed by atoms with Crippen LogP contribution in [0.3, 0.4) is 0 Å². The van der Waals surface area contributed by atoms with Crippen molar-refractivity contribution in [2.75, 3.05) is 13.7 Å². The summed E-state index contributed by atoms with van der Waals surface area (Å²) >= 11 is 0. The van der Waals surface area contributed by atoms with Crippen LogP contribution in [0.1, 0.15) is 49.9 Å². The topological polar surface area (TPSA) is 76.1 Å². The predicted molar refractivity (Wildman–Crippen MR) is 89.0 cm³/mol. The maximum absolute atomic E-state index is 12.5. The molecule has 1 heterocycles. The Bertz CT molecular complexity index is 621. The molecule has 0 aliphatic carbocycles. The Balaban J connectivity index is 2.40. The number of rotatable bonds is 4. The van der Waals surface area contributed by atoms with Crippen molar-refractivity contribution in [3.63, 3.8) is 0 Å². The van der Waals surface area contributed by atoms with E-state index in [4.69, 9.17) is 9.47 Å². The Morgan fingerprint density at radius 3 is 2.67 bits per heavy atom. The van der Waals surface area contributed by atoms with Crippen LogP contribution < -0.4 is 4.74 Å². The summed E-state index contributed by atoms with van der Waals surface area (Å²) < 4.78 is 10.8. The third-order valence-corrected chi connectivity index (χ3v) is 4.02. The van der Waals surface area contributed by atoms with Crippen LogP contribution in [-0.4, -0.2) is 41.6 Å². The largest absolute Gasteiger partial charge is 0.496 e. The predicted octanol–water partition coefficient (Wildman–Crippen LogP) is 2.61. The van der Waals surface area contributed by atoms with Gasteiger partial charge in [-0.25, -0.2) is 4.79 Å². The second-order valence-corrected chi connectivity index (χ2v) is 6.86. The van der Waals surface area contributed by atoms with Gasteiger partial charge in [-0.3, -0.25) is 0 Å². The summed E-state index contributed by atoms with van der Waals surface area (Å²) in [6.07, 6.45) is 1.21. The Labute approximate surface area is 142 Å². The Morgan fingerprint density at radius 2 is 2.12 bits per heavy atom. The molecule has 24 heavy (non-hydrogen) atoms. The van der Waals surface area contributed by atoms with Crippen LogP contribution >= 0.6 is 0 Å². The zero-order chi connectivity index (χ0) is 17.9. The lowest BCUT2D eigenvalue weighted by Gasteiger charge is -2.37. The molecule has 1 aliphatic rings. The number of hydrogen-bond acceptors (Lipinski definition) is 5. The Kier molecular flexibility index (Phi) is 5.49. The smallest absolute Gasteiger partial charge is 0.410 e. The van der Waals surface area contributed by atoms with Crippen molar-refractivity contribution in [2.45, 2.75) is 51.9 Å². The number of fused-ring (bicyclic) bond motifs is 1. The maximum Gasteiger partial charge on any atom is 0.410 e.